The molecule has 0 amide bonds. The summed E-state index contributed by atoms with van der Waals surface area (Å²) in [6.45, 7) is 8.42. The number of hydrogen-bond donors (Lipinski definition) is 1. The molecular formula is C25H24FN7O. The molecule has 3 heterocycles. The molecule has 2 aromatic carbocycles. The van der Waals surface area contributed by atoms with Crippen LogP contribution < -0.4 is 16.2 Å². The van der Waals surface area contributed by atoms with Crippen molar-refractivity contribution in [1.29, 1.82) is 0 Å². The lowest BCUT2D eigenvalue weighted by atomic mass is 10.0. The Labute approximate surface area is 195 Å². The Morgan fingerprint density at radius 1 is 1.12 bits per heavy atom. The second-order valence-corrected chi connectivity index (χ2v) is 8.66. The van der Waals surface area contributed by atoms with Gasteiger partial charge in [-0.3, -0.25) is 4.79 Å². The number of aryl methyl sites for hydroxylation is 1. The number of benzene rings is 2. The Hall–Kier alpha value is -4.03. The number of nitrogens with zero attached hydrogens (tertiary/aromatic N) is 6. The van der Waals surface area contributed by atoms with Gasteiger partial charge in [0.05, 0.1) is 35.3 Å². The van der Waals surface area contributed by atoms with Crippen LogP contribution in [0.4, 0.5) is 15.9 Å². The van der Waals surface area contributed by atoms with E-state index in [1.54, 1.807) is 24.0 Å². The molecule has 0 unspecified atom stereocenters. The Balaban J connectivity index is 1.75. The number of aromatic nitrogens is 4. The Kier molecular flexibility index (Phi) is 5.38. The van der Waals surface area contributed by atoms with Crippen molar-refractivity contribution in [3.8, 4) is 22.5 Å². The summed E-state index contributed by atoms with van der Waals surface area (Å²) in [4.78, 5) is 27.9. The standard InChI is InChI=1S/C25H24FN7O/c1-28-19-6-4-15(12-18(19)26)22-23(16-5-7-21-20(13-16)29-14-31(21)2)32(3)25(34)24(30-22)33-10-8-17(27)9-11-33/h4-7,12-14,17H,8-11,27H2,2-3H3. The number of halogens is 1. The molecule has 1 saturated heterocycles. The normalized spacial score (nSPS) is 14.5. The number of fused-ring (bicyclic) bond motifs is 1. The molecule has 4 aromatic rings. The van der Waals surface area contributed by atoms with Crippen molar-refractivity contribution in [2.45, 2.75) is 18.9 Å². The van der Waals surface area contributed by atoms with Gasteiger partial charge in [0.1, 0.15) is 5.82 Å². The van der Waals surface area contributed by atoms with Crippen molar-refractivity contribution >= 4 is 22.5 Å². The monoisotopic (exact) mass is 457 g/mol. The Bertz CT molecular complexity index is 1510. The summed E-state index contributed by atoms with van der Waals surface area (Å²) >= 11 is 0. The molecule has 0 spiro atoms. The van der Waals surface area contributed by atoms with E-state index in [1.807, 2.05) is 34.7 Å². The molecule has 0 bridgehead atoms. The summed E-state index contributed by atoms with van der Waals surface area (Å²) in [6, 6.07) is 10.3. The lowest BCUT2D eigenvalue weighted by molar-refractivity contribution is 0.496. The maximum Gasteiger partial charge on any atom is 0.293 e. The number of rotatable bonds is 3. The molecule has 5 rings (SSSR count). The van der Waals surface area contributed by atoms with Crippen LogP contribution in [0.3, 0.4) is 0 Å². The molecule has 0 saturated carbocycles. The highest BCUT2D eigenvalue weighted by Crippen LogP contribution is 2.34. The molecular weight excluding hydrogens is 433 g/mol. The zero-order chi connectivity index (χ0) is 24.0. The van der Waals surface area contributed by atoms with E-state index >= 15 is 0 Å². The predicted molar refractivity (Wildman–Crippen MR) is 130 cm³/mol. The first-order valence-electron chi connectivity index (χ1n) is 11.1. The third-order valence-electron chi connectivity index (χ3n) is 6.45. The van der Waals surface area contributed by atoms with Gasteiger partial charge in [0, 0.05) is 44.4 Å². The van der Waals surface area contributed by atoms with Gasteiger partial charge in [0.2, 0.25) is 5.69 Å². The maximum atomic E-state index is 14.6. The maximum absolute atomic E-state index is 14.6. The number of nitrogens with two attached hydrogens (primary N) is 1. The average Bonchev–Trinajstić information content (AvgIpc) is 3.21. The van der Waals surface area contributed by atoms with E-state index in [2.05, 4.69) is 9.83 Å². The predicted octanol–water partition coefficient (Wildman–Crippen LogP) is 3.62. The molecule has 0 atom stereocenters. The van der Waals surface area contributed by atoms with Crippen LogP contribution in [0.15, 0.2) is 47.5 Å². The van der Waals surface area contributed by atoms with Gasteiger partial charge >= 0.3 is 0 Å². The summed E-state index contributed by atoms with van der Waals surface area (Å²) < 4.78 is 18.1. The lowest BCUT2D eigenvalue weighted by Gasteiger charge is -2.31. The van der Waals surface area contributed by atoms with Gasteiger partial charge in [-0.2, -0.15) is 0 Å². The first-order valence-corrected chi connectivity index (χ1v) is 11.1. The van der Waals surface area contributed by atoms with Crippen LogP contribution in [-0.4, -0.2) is 38.2 Å². The second kappa shape index (κ2) is 8.39. The van der Waals surface area contributed by atoms with E-state index in [-0.39, 0.29) is 17.3 Å². The van der Waals surface area contributed by atoms with Crippen molar-refractivity contribution in [1.82, 2.24) is 19.1 Å². The van der Waals surface area contributed by atoms with E-state index in [9.17, 15) is 9.18 Å². The van der Waals surface area contributed by atoms with Crippen molar-refractivity contribution < 1.29 is 4.39 Å². The average molecular weight is 458 g/mol. The van der Waals surface area contributed by atoms with Crippen LogP contribution in [-0.2, 0) is 14.1 Å². The van der Waals surface area contributed by atoms with E-state index in [0.29, 0.717) is 35.9 Å². The van der Waals surface area contributed by atoms with Gasteiger partial charge in [-0.25, -0.2) is 19.2 Å². The van der Waals surface area contributed by atoms with Gasteiger partial charge in [0.15, 0.2) is 5.82 Å². The molecule has 1 fully saturated rings. The number of piperidine rings is 1. The SMILES string of the molecule is [C-]#[N+]c1ccc(-c2nc(N3CCC(N)CC3)c(=O)n(C)c2-c2ccc3c(c2)ncn3C)cc1F. The minimum atomic E-state index is -0.625. The van der Waals surface area contributed by atoms with E-state index < -0.39 is 5.82 Å². The highest BCUT2D eigenvalue weighted by Gasteiger charge is 2.25. The van der Waals surface area contributed by atoms with Crippen LogP contribution in [0.1, 0.15) is 12.8 Å². The van der Waals surface area contributed by atoms with Crippen molar-refractivity contribution in [3.63, 3.8) is 0 Å². The zero-order valence-corrected chi connectivity index (χ0v) is 19.0. The minimum Gasteiger partial charge on any atom is -0.352 e. The summed E-state index contributed by atoms with van der Waals surface area (Å²) in [5.74, 6) is -0.304. The Morgan fingerprint density at radius 3 is 2.56 bits per heavy atom. The third-order valence-corrected chi connectivity index (χ3v) is 6.45. The van der Waals surface area contributed by atoms with Crippen molar-refractivity contribution in [2.24, 2.45) is 19.8 Å². The molecule has 172 valence electrons. The van der Waals surface area contributed by atoms with Crippen LogP contribution in [0.2, 0.25) is 0 Å². The summed E-state index contributed by atoms with van der Waals surface area (Å²) in [6.07, 6.45) is 3.27. The van der Waals surface area contributed by atoms with Gasteiger partial charge < -0.3 is 19.8 Å². The van der Waals surface area contributed by atoms with Gasteiger partial charge in [0.25, 0.3) is 5.56 Å². The highest BCUT2D eigenvalue weighted by atomic mass is 19.1. The fourth-order valence-electron chi connectivity index (χ4n) is 4.49. The molecule has 0 aliphatic carbocycles. The summed E-state index contributed by atoms with van der Waals surface area (Å²) in [7, 11) is 3.62. The van der Waals surface area contributed by atoms with Crippen LogP contribution in [0.25, 0.3) is 38.4 Å². The summed E-state index contributed by atoms with van der Waals surface area (Å²) in [5, 5.41) is 0. The first kappa shape index (κ1) is 21.8. The van der Waals surface area contributed by atoms with Gasteiger partial charge in [-0.05, 0) is 31.0 Å². The first-order chi connectivity index (χ1) is 16.4. The quantitative estimate of drug-likeness (QED) is 0.475. The molecule has 2 aromatic heterocycles. The largest absolute Gasteiger partial charge is 0.352 e. The number of imidazole rings is 1. The smallest absolute Gasteiger partial charge is 0.293 e. The molecule has 2 N–H and O–H groups in total. The molecule has 8 nitrogen and oxygen atoms in total. The van der Waals surface area contributed by atoms with Gasteiger partial charge in [-0.15, -0.1) is 0 Å². The highest BCUT2D eigenvalue weighted by molar-refractivity contribution is 5.86. The molecule has 1 aliphatic rings. The van der Waals surface area contributed by atoms with E-state index in [0.717, 1.165) is 29.4 Å². The van der Waals surface area contributed by atoms with Crippen LogP contribution in [0, 0.1) is 12.4 Å². The van der Waals surface area contributed by atoms with Crippen molar-refractivity contribution in [2.75, 3.05) is 18.0 Å². The molecule has 1 aliphatic heterocycles. The number of anilines is 1. The minimum absolute atomic E-state index is 0.0599. The zero-order valence-electron chi connectivity index (χ0n) is 19.0. The topological polar surface area (TPSA) is 86.3 Å². The van der Waals surface area contributed by atoms with Crippen LogP contribution >= 0.6 is 0 Å². The number of hydrogen-bond acceptors (Lipinski definition) is 5. The van der Waals surface area contributed by atoms with E-state index in [1.165, 1.54) is 12.1 Å². The summed E-state index contributed by atoms with van der Waals surface area (Å²) in [5.41, 5.74) is 9.77. The molecule has 0 radical (unpaired) electrons. The fraction of sp³-hybridized carbons (Fsp3) is 0.280. The fourth-order valence-corrected chi connectivity index (χ4v) is 4.49. The van der Waals surface area contributed by atoms with Gasteiger partial charge in [-0.1, -0.05) is 18.2 Å². The third kappa shape index (κ3) is 3.62. The van der Waals surface area contributed by atoms with Crippen LogP contribution in [0.5, 0.6) is 0 Å². The molecule has 9 heteroatoms. The lowest BCUT2D eigenvalue weighted by Crippen LogP contribution is -2.43. The van der Waals surface area contributed by atoms with Crippen molar-refractivity contribution in [3.05, 3.63) is 70.3 Å². The molecule has 34 heavy (non-hydrogen) atoms. The second-order valence-electron chi connectivity index (χ2n) is 8.66. The Morgan fingerprint density at radius 2 is 1.85 bits per heavy atom. The van der Waals surface area contributed by atoms with E-state index in [4.69, 9.17) is 17.3 Å².